The number of benzene rings is 1. The number of rotatable bonds is 2. The maximum Gasteiger partial charge on any atom is 0.332 e. The zero-order valence-electron chi connectivity index (χ0n) is 14.8. The molecule has 0 saturated carbocycles. The highest BCUT2D eigenvalue weighted by atomic mass is 35.5. The number of nitrogens with zero attached hydrogens (tertiary/aromatic N) is 3. The largest absolute Gasteiger partial charge is 0.332 e. The molecule has 0 radical (unpaired) electrons. The van der Waals surface area contributed by atoms with Gasteiger partial charge in [0.15, 0.2) is 0 Å². The van der Waals surface area contributed by atoms with Crippen LogP contribution in [-0.4, -0.2) is 20.0 Å². The molecule has 1 amide bonds. The molecule has 0 unspecified atom stereocenters. The highest BCUT2D eigenvalue weighted by Gasteiger charge is 2.17. The highest BCUT2D eigenvalue weighted by Crippen LogP contribution is 2.21. The van der Waals surface area contributed by atoms with Gasteiger partial charge in [-0.1, -0.05) is 17.7 Å². The fraction of sp³-hybridized carbons (Fsp3) is 0.222. The lowest BCUT2D eigenvalue weighted by Gasteiger charge is -2.11. The number of hydrogen-bond acceptors (Lipinski definition) is 4. The number of anilines is 1. The van der Waals surface area contributed by atoms with E-state index in [9.17, 15) is 14.4 Å². The van der Waals surface area contributed by atoms with E-state index in [0.717, 1.165) is 10.1 Å². The Hall–Kier alpha value is -2.93. The summed E-state index contributed by atoms with van der Waals surface area (Å²) in [7, 11) is 2.92. The second-order valence-electron chi connectivity index (χ2n) is 6.12. The predicted octanol–water partition coefficient (Wildman–Crippen LogP) is 2.15. The molecule has 0 aliphatic heterocycles. The summed E-state index contributed by atoms with van der Waals surface area (Å²) >= 11 is 6.08. The first-order valence-electron chi connectivity index (χ1n) is 7.85. The lowest BCUT2D eigenvalue weighted by molar-refractivity contribution is 0.102. The summed E-state index contributed by atoms with van der Waals surface area (Å²) in [5.41, 5.74) is 1.38. The zero-order chi connectivity index (χ0) is 19.2. The molecule has 0 atom stereocenters. The summed E-state index contributed by atoms with van der Waals surface area (Å²) in [6.07, 6.45) is 0. The monoisotopic (exact) mass is 372 g/mol. The van der Waals surface area contributed by atoms with E-state index in [1.54, 1.807) is 25.1 Å². The van der Waals surface area contributed by atoms with Crippen LogP contribution in [0.3, 0.4) is 0 Å². The number of halogens is 1. The molecule has 1 N–H and O–H groups in total. The van der Waals surface area contributed by atoms with Gasteiger partial charge in [-0.25, -0.2) is 9.78 Å². The molecule has 0 bridgehead atoms. The van der Waals surface area contributed by atoms with E-state index in [4.69, 9.17) is 11.6 Å². The van der Waals surface area contributed by atoms with Gasteiger partial charge in [0.1, 0.15) is 5.65 Å². The van der Waals surface area contributed by atoms with Crippen molar-refractivity contribution < 1.29 is 4.79 Å². The molecule has 0 fully saturated rings. The summed E-state index contributed by atoms with van der Waals surface area (Å²) in [6, 6.07) is 6.66. The number of carbonyl (C=O) groups excluding carboxylic acids is 1. The molecule has 8 heteroatoms. The Bertz CT molecular complexity index is 1180. The van der Waals surface area contributed by atoms with Crippen molar-refractivity contribution in [2.45, 2.75) is 13.8 Å². The number of nitrogens with one attached hydrogen (secondary N) is 1. The lowest BCUT2D eigenvalue weighted by Crippen LogP contribution is -2.37. The number of fused-ring (bicyclic) bond motifs is 1. The number of pyridine rings is 1. The van der Waals surface area contributed by atoms with Crippen LogP contribution < -0.4 is 16.6 Å². The minimum atomic E-state index is -0.497. The number of aromatic nitrogens is 3. The highest BCUT2D eigenvalue weighted by molar-refractivity contribution is 6.31. The fourth-order valence-electron chi connectivity index (χ4n) is 2.69. The molecule has 134 valence electrons. The molecular weight excluding hydrogens is 356 g/mol. The molecule has 26 heavy (non-hydrogen) atoms. The maximum atomic E-state index is 12.7. The minimum absolute atomic E-state index is 0.201. The van der Waals surface area contributed by atoms with Crippen LogP contribution in [0.2, 0.25) is 5.02 Å². The van der Waals surface area contributed by atoms with Crippen molar-refractivity contribution in [3.63, 3.8) is 0 Å². The second-order valence-corrected chi connectivity index (χ2v) is 6.52. The fourth-order valence-corrected chi connectivity index (χ4v) is 2.87. The van der Waals surface area contributed by atoms with Gasteiger partial charge in [-0.3, -0.25) is 18.7 Å². The van der Waals surface area contributed by atoms with Gasteiger partial charge in [0, 0.05) is 24.8 Å². The minimum Gasteiger partial charge on any atom is -0.322 e. The van der Waals surface area contributed by atoms with Gasteiger partial charge in [0.2, 0.25) is 0 Å². The third-order valence-corrected chi connectivity index (χ3v) is 4.70. The van der Waals surface area contributed by atoms with Gasteiger partial charge in [0.25, 0.3) is 11.5 Å². The number of carbonyl (C=O) groups is 1. The van der Waals surface area contributed by atoms with Crippen molar-refractivity contribution in [2.24, 2.45) is 14.1 Å². The average Bonchev–Trinajstić information content (AvgIpc) is 2.60. The average molecular weight is 373 g/mol. The van der Waals surface area contributed by atoms with Gasteiger partial charge in [-0.05, 0) is 37.6 Å². The van der Waals surface area contributed by atoms with E-state index in [1.807, 2.05) is 6.92 Å². The number of aryl methyl sites for hydroxylation is 3. The van der Waals surface area contributed by atoms with Crippen LogP contribution >= 0.6 is 11.6 Å². The first kappa shape index (κ1) is 17.9. The zero-order valence-corrected chi connectivity index (χ0v) is 15.5. The van der Waals surface area contributed by atoms with Crippen molar-refractivity contribution >= 4 is 34.2 Å². The van der Waals surface area contributed by atoms with Crippen molar-refractivity contribution in [2.75, 3.05) is 5.32 Å². The SMILES string of the molecule is Cc1ccc(NC(=O)c2cc3c(=O)n(C)c(=O)n(C)c3nc2C)cc1Cl. The van der Waals surface area contributed by atoms with E-state index in [0.29, 0.717) is 16.4 Å². The van der Waals surface area contributed by atoms with E-state index in [-0.39, 0.29) is 16.6 Å². The van der Waals surface area contributed by atoms with Crippen LogP contribution in [0.25, 0.3) is 11.0 Å². The summed E-state index contributed by atoms with van der Waals surface area (Å²) < 4.78 is 2.27. The van der Waals surface area contributed by atoms with Crippen LogP contribution in [0.5, 0.6) is 0 Å². The Kier molecular flexibility index (Phi) is 4.41. The summed E-state index contributed by atoms with van der Waals surface area (Å²) in [5, 5.41) is 3.49. The summed E-state index contributed by atoms with van der Waals surface area (Å²) in [4.78, 5) is 41.4. The Labute approximate surface area is 153 Å². The van der Waals surface area contributed by atoms with Gasteiger partial charge < -0.3 is 5.32 Å². The van der Waals surface area contributed by atoms with Crippen molar-refractivity contribution in [1.82, 2.24) is 14.1 Å². The number of hydrogen-bond donors (Lipinski definition) is 1. The van der Waals surface area contributed by atoms with E-state index in [1.165, 1.54) is 24.7 Å². The van der Waals surface area contributed by atoms with E-state index < -0.39 is 17.2 Å². The van der Waals surface area contributed by atoms with Crippen molar-refractivity contribution in [1.29, 1.82) is 0 Å². The molecule has 0 aliphatic rings. The molecule has 2 heterocycles. The molecule has 7 nitrogen and oxygen atoms in total. The van der Waals surface area contributed by atoms with Crippen LogP contribution in [0.4, 0.5) is 5.69 Å². The van der Waals surface area contributed by atoms with Crippen LogP contribution in [0, 0.1) is 13.8 Å². The third kappa shape index (κ3) is 2.90. The van der Waals surface area contributed by atoms with Gasteiger partial charge >= 0.3 is 5.69 Å². The molecule has 3 aromatic rings. The maximum absolute atomic E-state index is 12.7. The first-order chi connectivity index (χ1) is 12.2. The lowest BCUT2D eigenvalue weighted by atomic mass is 10.1. The normalized spacial score (nSPS) is 11.0. The number of amides is 1. The third-order valence-electron chi connectivity index (χ3n) is 4.29. The molecular formula is C18H17ClN4O3. The van der Waals surface area contributed by atoms with E-state index in [2.05, 4.69) is 10.3 Å². The first-order valence-corrected chi connectivity index (χ1v) is 8.23. The van der Waals surface area contributed by atoms with Gasteiger partial charge in [-0.2, -0.15) is 0 Å². The summed E-state index contributed by atoms with van der Waals surface area (Å²) in [6.45, 7) is 3.52. The standard InChI is InChI=1S/C18H17ClN4O3/c1-9-5-6-11(7-14(9)19)21-16(24)12-8-13-15(20-10(12)2)22(3)18(26)23(4)17(13)25/h5-8H,1-4H3,(H,21,24). The Morgan fingerprint density at radius 1 is 1.12 bits per heavy atom. The smallest absolute Gasteiger partial charge is 0.322 e. The van der Waals surface area contributed by atoms with Crippen LogP contribution in [0.15, 0.2) is 33.9 Å². The van der Waals surface area contributed by atoms with Crippen molar-refractivity contribution in [3.8, 4) is 0 Å². The van der Waals surface area contributed by atoms with E-state index >= 15 is 0 Å². The quantitative estimate of drug-likeness (QED) is 0.746. The van der Waals surface area contributed by atoms with Gasteiger partial charge in [0.05, 0.1) is 16.6 Å². The summed E-state index contributed by atoms with van der Waals surface area (Å²) in [5.74, 6) is -0.410. The molecule has 2 aromatic heterocycles. The Balaban J connectivity index is 2.11. The molecule has 0 saturated heterocycles. The Morgan fingerprint density at radius 3 is 2.46 bits per heavy atom. The topological polar surface area (TPSA) is 86.0 Å². The van der Waals surface area contributed by atoms with Crippen molar-refractivity contribution in [3.05, 3.63) is 66.9 Å². The van der Waals surface area contributed by atoms with Crippen LogP contribution in [-0.2, 0) is 14.1 Å². The Morgan fingerprint density at radius 2 is 1.81 bits per heavy atom. The predicted molar refractivity (Wildman–Crippen MR) is 101 cm³/mol. The molecule has 3 rings (SSSR count). The molecule has 0 spiro atoms. The second kappa shape index (κ2) is 6.42. The van der Waals surface area contributed by atoms with Gasteiger partial charge in [-0.15, -0.1) is 0 Å². The van der Waals surface area contributed by atoms with Crippen LogP contribution in [0.1, 0.15) is 21.6 Å². The molecule has 1 aromatic carbocycles. The molecule has 0 aliphatic carbocycles.